The zero-order valence-corrected chi connectivity index (χ0v) is 15.7. The summed E-state index contributed by atoms with van der Waals surface area (Å²) in [5.41, 5.74) is 0.460. The Balaban J connectivity index is 0.00000312. The van der Waals surface area contributed by atoms with Crippen molar-refractivity contribution in [1.82, 2.24) is 15.5 Å². The number of imide groups is 1. The van der Waals surface area contributed by atoms with Crippen LogP contribution in [0.25, 0.3) is 0 Å². The summed E-state index contributed by atoms with van der Waals surface area (Å²) in [5, 5.41) is 6.12. The largest absolute Gasteiger partial charge is 0.344 e. The van der Waals surface area contributed by atoms with Crippen molar-refractivity contribution in [3.8, 4) is 0 Å². The standard InChI is InChI=1S/C16H21ClN4O3.ClH/c1-18-9-10-20(2)14(22)8-7-13-15(23)21(16(24)19-13)12-5-3-11(17)4-6-12;/h3-6,13,18H,7-10H2,1-2H3,(H,19,24);1H. The van der Waals surface area contributed by atoms with E-state index in [0.29, 0.717) is 23.8 Å². The molecule has 1 heterocycles. The van der Waals surface area contributed by atoms with Crippen LogP contribution in [0.2, 0.25) is 5.02 Å². The number of halogens is 2. The molecule has 0 spiro atoms. The van der Waals surface area contributed by atoms with Crippen molar-refractivity contribution in [1.29, 1.82) is 0 Å². The molecular weight excluding hydrogens is 367 g/mol. The quantitative estimate of drug-likeness (QED) is 0.695. The van der Waals surface area contributed by atoms with Gasteiger partial charge in [-0.2, -0.15) is 0 Å². The van der Waals surface area contributed by atoms with Gasteiger partial charge in [-0.3, -0.25) is 9.59 Å². The fourth-order valence-electron chi connectivity index (χ4n) is 2.42. The third kappa shape index (κ3) is 5.32. The first kappa shape index (κ1) is 21.2. The number of nitrogens with one attached hydrogen (secondary N) is 2. The smallest absolute Gasteiger partial charge is 0.329 e. The van der Waals surface area contributed by atoms with Gasteiger partial charge in [-0.1, -0.05) is 11.6 Å². The van der Waals surface area contributed by atoms with E-state index in [9.17, 15) is 14.4 Å². The molecule has 25 heavy (non-hydrogen) atoms. The zero-order valence-electron chi connectivity index (χ0n) is 14.1. The van der Waals surface area contributed by atoms with E-state index in [4.69, 9.17) is 11.6 Å². The van der Waals surface area contributed by atoms with Crippen LogP contribution in [-0.2, 0) is 9.59 Å². The van der Waals surface area contributed by atoms with Crippen molar-refractivity contribution < 1.29 is 14.4 Å². The molecule has 0 radical (unpaired) electrons. The number of nitrogens with zero attached hydrogens (tertiary/aromatic N) is 2. The van der Waals surface area contributed by atoms with Crippen LogP contribution in [0.4, 0.5) is 10.5 Å². The molecule has 7 nitrogen and oxygen atoms in total. The number of amides is 4. The first-order valence-electron chi connectivity index (χ1n) is 7.72. The van der Waals surface area contributed by atoms with Gasteiger partial charge in [-0.15, -0.1) is 12.4 Å². The molecule has 1 fully saturated rings. The third-order valence-corrected chi connectivity index (χ3v) is 4.13. The molecule has 0 bridgehead atoms. The topological polar surface area (TPSA) is 81.8 Å². The number of carbonyl (C=O) groups excluding carboxylic acids is 3. The van der Waals surface area contributed by atoms with E-state index in [-0.39, 0.29) is 37.1 Å². The Hall–Kier alpha value is -1.83. The molecule has 1 aliphatic rings. The molecule has 0 aliphatic carbocycles. The highest BCUT2D eigenvalue weighted by Gasteiger charge is 2.39. The molecule has 0 saturated carbocycles. The lowest BCUT2D eigenvalue weighted by Crippen LogP contribution is -2.35. The maximum absolute atomic E-state index is 12.4. The second-order valence-electron chi connectivity index (χ2n) is 5.61. The van der Waals surface area contributed by atoms with E-state index < -0.39 is 12.1 Å². The molecule has 1 aromatic carbocycles. The molecule has 138 valence electrons. The summed E-state index contributed by atoms with van der Waals surface area (Å²) < 4.78 is 0. The first-order chi connectivity index (χ1) is 11.4. The predicted octanol–water partition coefficient (Wildman–Crippen LogP) is 1.64. The normalized spacial score (nSPS) is 16.4. The van der Waals surface area contributed by atoms with Crippen molar-refractivity contribution >= 4 is 47.5 Å². The summed E-state index contributed by atoms with van der Waals surface area (Å²) in [5.74, 6) is -0.412. The second-order valence-corrected chi connectivity index (χ2v) is 6.05. The molecule has 9 heteroatoms. The molecule has 4 amide bonds. The van der Waals surface area contributed by atoms with Gasteiger partial charge in [-0.25, -0.2) is 9.69 Å². The van der Waals surface area contributed by atoms with Gasteiger partial charge in [0.05, 0.1) is 5.69 Å². The average molecular weight is 389 g/mol. The van der Waals surface area contributed by atoms with Gasteiger partial charge in [0, 0.05) is 31.6 Å². The molecule has 0 aromatic heterocycles. The van der Waals surface area contributed by atoms with Gasteiger partial charge in [0.1, 0.15) is 6.04 Å². The Labute approximate surface area is 158 Å². The number of rotatable bonds is 7. The number of hydrogen-bond donors (Lipinski definition) is 2. The summed E-state index contributed by atoms with van der Waals surface area (Å²) in [4.78, 5) is 39.2. The lowest BCUT2D eigenvalue weighted by Gasteiger charge is -2.17. The van der Waals surface area contributed by atoms with Crippen LogP contribution >= 0.6 is 24.0 Å². The van der Waals surface area contributed by atoms with Gasteiger partial charge in [-0.05, 0) is 37.7 Å². The third-order valence-electron chi connectivity index (χ3n) is 3.87. The van der Waals surface area contributed by atoms with Gasteiger partial charge in [0.2, 0.25) is 5.91 Å². The van der Waals surface area contributed by atoms with E-state index in [1.165, 1.54) is 0 Å². The number of hydrogen-bond acceptors (Lipinski definition) is 4. The maximum Gasteiger partial charge on any atom is 0.329 e. The van der Waals surface area contributed by atoms with Crippen molar-refractivity contribution in [2.45, 2.75) is 18.9 Å². The molecule has 1 aliphatic heterocycles. The average Bonchev–Trinajstić information content (AvgIpc) is 2.85. The highest BCUT2D eigenvalue weighted by atomic mass is 35.5. The van der Waals surface area contributed by atoms with Crippen LogP contribution < -0.4 is 15.5 Å². The van der Waals surface area contributed by atoms with Crippen molar-refractivity contribution in [2.24, 2.45) is 0 Å². The monoisotopic (exact) mass is 388 g/mol. The van der Waals surface area contributed by atoms with E-state index in [2.05, 4.69) is 10.6 Å². The van der Waals surface area contributed by atoms with E-state index in [0.717, 1.165) is 4.90 Å². The first-order valence-corrected chi connectivity index (χ1v) is 8.10. The minimum atomic E-state index is -0.685. The van der Waals surface area contributed by atoms with E-state index >= 15 is 0 Å². The Bertz CT molecular complexity index is 624. The lowest BCUT2D eigenvalue weighted by molar-refractivity contribution is -0.130. The van der Waals surface area contributed by atoms with Crippen LogP contribution in [0.1, 0.15) is 12.8 Å². The van der Waals surface area contributed by atoms with Crippen LogP contribution in [0.15, 0.2) is 24.3 Å². The van der Waals surface area contributed by atoms with Crippen LogP contribution in [-0.4, -0.2) is 56.0 Å². The molecule has 1 unspecified atom stereocenters. The second kappa shape index (κ2) is 9.60. The van der Waals surface area contributed by atoms with E-state index in [1.807, 2.05) is 7.05 Å². The number of likely N-dealkylation sites (N-methyl/N-ethyl adjacent to an activating group) is 2. The Morgan fingerprint density at radius 1 is 1.32 bits per heavy atom. The highest BCUT2D eigenvalue weighted by molar-refractivity contribution is 6.30. The predicted molar refractivity (Wildman–Crippen MR) is 99.3 cm³/mol. The maximum atomic E-state index is 12.4. The summed E-state index contributed by atoms with van der Waals surface area (Å²) in [6.07, 6.45) is 0.475. The van der Waals surface area contributed by atoms with Crippen LogP contribution in [0.3, 0.4) is 0 Å². The molecule has 1 saturated heterocycles. The van der Waals surface area contributed by atoms with E-state index in [1.54, 1.807) is 36.2 Å². The van der Waals surface area contributed by atoms with Crippen LogP contribution in [0.5, 0.6) is 0 Å². The van der Waals surface area contributed by atoms with Gasteiger partial charge >= 0.3 is 6.03 Å². The summed E-state index contributed by atoms with van der Waals surface area (Å²) in [6, 6.07) is 5.28. The van der Waals surface area contributed by atoms with Crippen molar-refractivity contribution in [2.75, 3.05) is 32.1 Å². The van der Waals surface area contributed by atoms with Crippen LogP contribution in [0, 0.1) is 0 Å². The van der Waals surface area contributed by atoms with Crippen molar-refractivity contribution in [3.63, 3.8) is 0 Å². The summed E-state index contributed by atoms with van der Waals surface area (Å²) >= 11 is 5.82. The van der Waals surface area contributed by atoms with Gasteiger partial charge in [0.15, 0.2) is 0 Å². The Kier molecular flexibility index (Phi) is 8.15. The Morgan fingerprint density at radius 2 is 1.96 bits per heavy atom. The molecular formula is C16H22Cl2N4O3. The Morgan fingerprint density at radius 3 is 2.56 bits per heavy atom. The fraction of sp³-hybridized carbons (Fsp3) is 0.438. The fourth-order valence-corrected chi connectivity index (χ4v) is 2.55. The van der Waals surface area contributed by atoms with Crippen molar-refractivity contribution in [3.05, 3.63) is 29.3 Å². The molecule has 1 atom stereocenters. The number of anilines is 1. The molecule has 1 aromatic rings. The number of urea groups is 1. The minimum Gasteiger partial charge on any atom is -0.344 e. The molecule has 2 rings (SSSR count). The highest BCUT2D eigenvalue weighted by Crippen LogP contribution is 2.23. The summed E-state index contributed by atoms with van der Waals surface area (Å²) in [7, 11) is 3.53. The van der Waals surface area contributed by atoms with Gasteiger partial charge < -0.3 is 15.5 Å². The number of carbonyl (C=O) groups is 3. The lowest BCUT2D eigenvalue weighted by atomic mass is 10.1. The minimum absolute atomic E-state index is 0. The SMILES string of the molecule is CNCCN(C)C(=O)CCC1NC(=O)N(c2ccc(Cl)cc2)C1=O.Cl. The number of benzene rings is 1. The molecule has 2 N–H and O–H groups in total. The zero-order chi connectivity index (χ0) is 17.7. The summed E-state index contributed by atoms with van der Waals surface area (Å²) in [6.45, 7) is 1.29. The van der Waals surface area contributed by atoms with Gasteiger partial charge in [0.25, 0.3) is 5.91 Å².